The van der Waals surface area contributed by atoms with Gasteiger partial charge < -0.3 is 0 Å². The third-order valence-corrected chi connectivity index (χ3v) is 5.50. The van der Waals surface area contributed by atoms with Crippen LogP contribution in [0.2, 0.25) is 5.02 Å². The van der Waals surface area contributed by atoms with Crippen molar-refractivity contribution in [2.45, 2.75) is 17.5 Å². The van der Waals surface area contributed by atoms with Crippen LogP contribution in [-0.4, -0.2) is 28.1 Å². The molecular formula is C16H14ClN5O4S. The molecule has 27 heavy (non-hydrogen) atoms. The number of rotatable bonds is 7. The first-order chi connectivity index (χ1) is 12.9. The third-order valence-electron chi connectivity index (χ3n) is 3.74. The predicted octanol–water partition coefficient (Wildman–Crippen LogP) is 2.56. The summed E-state index contributed by atoms with van der Waals surface area (Å²) in [4.78, 5) is 13.9. The maximum absolute atomic E-state index is 12.9. The Hall–Kier alpha value is -2.82. The van der Waals surface area contributed by atoms with E-state index in [1.165, 1.54) is 23.4 Å². The molecule has 0 aliphatic heterocycles. The SMILES string of the molecule is O=[N+]([O-])c1cc(Cl)ccc1S(=O)(=O)NC(Cn1cncn1)c1ccccc1. The average Bonchev–Trinajstić information content (AvgIpc) is 3.14. The Kier molecular flexibility index (Phi) is 5.49. The molecule has 0 radical (unpaired) electrons. The highest BCUT2D eigenvalue weighted by Crippen LogP contribution is 2.28. The summed E-state index contributed by atoms with van der Waals surface area (Å²) in [5.41, 5.74) is 0.0794. The van der Waals surface area contributed by atoms with Gasteiger partial charge in [0, 0.05) is 11.1 Å². The molecule has 0 fully saturated rings. The van der Waals surface area contributed by atoms with Gasteiger partial charge in [0.15, 0.2) is 4.90 Å². The summed E-state index contributed by atoms with van der Waals surface area (Å²) in [6.45, 7) is 0.157. The van der Waals surface area contributed by atoms with E-state index in [4.69, 9.17) is 11.6 Å². The fraction of sp³-hybridized carbons (Fsp3) is 0.125. The van der Waals surface area contributed by atoms with Crippen LogP contribution in [0, 0.1) is 10.1 Å². The third kappa shape index (κ3) is 4.48. The van der Waals surface area contributed by atoms with E-state index >= 15 is 0 Å². The second-order valence-corrected chi connectivity index (χ2v) is 7.69. The molecule has 3 rings (SSSR count). The Morgan fingerprint density at radius 2 is 1.96 bits per heavy atom. The minimum absolute atomic E-state index is 0.0721. The average molecular weight is 408 g/mol. The maximum atomic E-state index is 12.9. The quantitative estimate of drug-likeness (QED) is 0.474. The standard InChI is InChI=1S/C16H14ClN5O4S/c17-13-6-7-16(15(8-13)22(23)24)27(25,26)20-14(9-21-11-18-10-19-21)12-4-2-1-3-5-12/h1-8,10-11,14,20H,9H2. The van der Waals surface area contributed by atoms with Crippen molar-refractivity contribution in [1.29, 1.82) is 0 Å². The Morgan fingerprint density at radius 3 is 2.59 bits per heavy atom. The topological polar surface area (TPSA) is 120 Å². The fourth-order valence-corrected chi connectivity index (χ4v) is 4.06. The van der Waals surface area contributed by atoms with Crippen molar-refractivity contribution in [1.82, 2.24) is 19.5 Å². The van der Waals surface area contributed by atoms with Crippen LogP contribution in [0.3, 0.4) is 0 Å². The smallest absolute Gasteiger partial charge is 0.258 e. The van der Waals surface area contributed by atoms with E-state index < -0.39 is 31.6 Å². The second-order valence-electron chi connectivity index (χ2n) is 5.57. The van der Waals surface area contributed by atoms with Crippen LogP contribution in [0.15, 0.2) is 66.1 Å². The highest BCUT2D eigenvalue weighted by atomic mass is 35.5. The van der Waals surface area contributed by atoms with Gasteiger partial charge in [-0.05, 0) is 17.7 Å². The minimum atomic E-state index is -4.22. The number of nitro groups is 1. The van der Waals surface area contributed by atoms with Crippen molar-refractivity contribution in [3.05, 3.63) is 81.9 Å². The van der Waals surface area contributed by atoms with Crippen LogP contribution in [0.4, 0.5) is 5.69 Å². The lowest BCUT2D eigenvalue weighted by molar-refractivity contribution is -0.387. The number of aromatic nitrogens is 3. The molecule has 140 valence electrons. The first-order valence-corrected chi connectivity index (χ1v) is 9.56. The summed E-state index contributed by atoms with van der Waals surface area (Å²) in [5.74, 6) is 0. The monoisotopic (exact) mass is 407 g/mol. The van der Waals surface area contributed by atoms with Crippen LogP contribution in [0.5, 0.6) is 0 Å². The Bertz CT molecular complexity index is 1040. The van der Waals surface area contributed by atoms with Gasteiger partial charge in [-0.3, -0.25) is 14.8 Å². The van der Waals surface area contributed by atoms with Crippen molar-refractivity contribution >= 4 is 27.3 Å². The van der Waals surface area contributed by atoms with Crippen molar-refractivity contribution in [3.8, 4) is 0 Å². The molecule has 0 saturated heterocycles. The number of nitro benzene ring substituents is 1. The zero-order valence-corrected chi connectivity index (χ0v) is 15.3. The Labute approximate surface area is 159 Å². The molecule has 1 unspecified atom stereocenters. The largest absolute Gasteiger partial charge is 0.290 e. The Morgan fingerprint density at radius 1 is 1.22 bits per heavy atom. The van der Waals surface area contributed by atoms with Crippen molar-refractivity contribution < 1.29 is 13.3 Å². The van der Waals surface area contributed by atoms with Gasteiger partial charge in [0.1, 0.15) is 12.7 Å². The van der Waals surface area contributed by atoms with Crippen LogP contribution in [0.1, 0.15) is 11.6 Å². The maximum Gasteiger partial charge on any atom is 0.290 e. The van der Waals surface area contributed by atoms with E-state index in [2.05, 4.69) is 14.8 Å². The van der Waals surface area contributed by atoms with Gasteiger partial charge in [-0.25, -0.2) is 18.1 Å². The molecule has 11 heteroatoms. The summed E-state index contributed by atoms with van der Waals surface area (Å²) in [5, 5.41) is 15.3. The van der Waals surface area contributed by atoms with Crippen molar-refractivity contribution in [3.63, 3.8) is 0 Å². The molecule has 0 saturated carbocycles. The van der Waals surface area contributed by atoms with Gasteiger partial charge in [0.25, 0.3) is 5.69 Å². The molecule has 0 amide bonds. The molecule has 0 bridgehead atoms. The zero-order valence-electron chi connectivity index (χ0n) is 13.8. The number of halogens is 1. The number of hydrogen-bond donors (Lipinski definition) is 1. The molecule has 0 spiro atoms. The van der Waals surface area contributed by atoms with Gasteiger partial charge >= 0.3 is 0 Å². The van der Waals surface area contributed by atoms with Crippen LogP contribution in [-0.2, 0) is 16.6 Å². The highest BCUT2D eigenvalue weighted by molar-refractivity contribution is 7.89. The Balaban J connectivity index is 1.99. The van der Waals surface area contributed by atoms with Crippen LogP contribution in [0.25, 0.3) is 0 Å². The molecule has 1 heterocycles. The highest BCUT2D eigenvalue weighted by Gasteiger charge is 2.29. The zero-order chi connectivity index (χ0) is 19.4. The summed E-state index contributed by atoms with van der Waals surface area (Å²) >= 11 is 5.77. The van der Waals surface area contributed by atoms with E-state index in [1.807, 2.05) is 0 Å². The number of nitrogens with zero attached hydrogens (tertiary/aromatic N) is 4. The summed E-state index contributed by atoms with van der Waals surface area (Å²) in [7, 11) is -4.22. The normalized spacial score (nSPS) is 12.6. The molecule has 1 atom stereocenters. The van der Waals surface area contributed by atoms with Crippen LogP contribution >= 0.6 is 11.6 Å². The van der Waals surface area contributed by atoms with Gasteiger partial charge in [0.05, 0.1) is 17.5 Å². The molecule has 2 aromatic carbocycles. The number of hydrogen-bond acceptors (Lipinski definition) is 6. The minimum Gasteiger partial charge on any atom is -0.258 e. The van der Waals surface area contributed by atoms with Gasteiger partial charge in [-0.1, -0.05) is 41.9 Å². The van der Waals surface area contributed by atoms with Crippen molar-refractivity contribution in [2.75, 3.05) is 0 Å². The van der Waals surface area contributed by atoms with Crippen molar-refractivity contribution in [2.24, 2.45) is 0 Å². The summed E-state index contributed by atoms with van der Waals surface area (Å²) < 4.78 is 29.7. The lowest BCUT2D eigenvalue weighted by atomic mass is 10.1. The molecule has 1 aromatic heterocycles. The van der Waals surface area contributed by atoms with Crippen LogP contribution < -0.4 is 4.72 Å². The fourth-order valence-electron chi connectivity index (χ4n) is 2.52. The number of nitrogens with one attached hydrogen (secondary N) is 1. The predicted molar refractivity (Wildman–Crippen MR) is 97.6 cm³/mol. The molecule has 9 nitrogen and oxygen atoms in total. The molecule has 3 aromatic rings. The molecular weight excluding hydrogens is 394 g/mol. The first-order valence-electron chi connectivity index (χ1n) is 7.70. The van der Waals surface area contributed by atoms with Gasteiger partial charge in [-0.15, -0.1) is 0 Å². The van der Waals surface area contributed by atoms with E-state index in [0.717, 1.165) is 12.1 Å². The lowest BCUT2D eigenvalue weighted by Crippen LogP contribution is -2.32. The van der Waals surface area contributed by atoms with E-state index in [9.17, 15) is 18.5 Å². The number of sulfonamides is 1. The summed E-state index contributed by atoms with van der Waals surface area (Å²) in [6.07, 6.45) is 2.79. The lowest BCUT2D eigenvalue weighted by Gasteiger charge is -2.19. The van der Waals surface area contributed by atoms with E-state index in [1.54, 1.807) is 30.3 Å². The van der Waals surface area contributed by atoms with E-state index in [0.29, 0.717) is 5.56 Å². The van der Waals surface area contributed by atoms with Gasteiger partial charge in [-0.2, -0.15) is 5.10 Å². The van der Waals surface area contributed by atoms with E-state index in [-0.39, 0.29) is 11.6 Å². The first kappa shape index (κ1) is 19.0. The molecule has 0 aliphatic carbocycles. The van der Waals surface area contributed by atoms with Gasteiger partial charge in [0.2, 0.25) is 10.0 Å². The molecule has 0 aliphatic rings. The summed E-state index contributed by atoms with van der Waals surface area (Å²) in [6, 6.07) is 11.5. The molecule has 1 N–H and O–H groups in total. The second kappa shape index (κ2) is 7.82. The number of benzene rings is 2.